The Balaban J connectivity index is 2.00. The van der Waals surface area contributed by atoms with Gasteiger partial charge in [0.05, 0.1) is 5.69 Å². The Morgan fingerprint density at radius 3 is 2.68 bits per heavy atom. The Labute approximate surface area is 113 Å². The zero-order valence-electron chi connectivity index (χ0n) is 11.1. The van der Waals surface area contributed by atoms with Crippen LogP contribution in [0, 0.1) is 0 Å². The molecule has 3 nitrogen and oxygen atoms in total. The summed E-state index contributed by atoms with van der Waals surface area (Å²) in [5.74, 6) is 0. The van der Waals surface area contributed by atoms with Gasteiger partial charge in [-0.1, -0.05) is 19.1 Å². The van der Waals surface area contributed by atoms with Crippen molar-refractivity contribution in [1.82, 2.24) is 9.58 Å². The number of para-hydroxylation sites is 1. The summed E-state index contributed by atoms with van der Waals surface area (Å²) >= 11 is 0. The first-order chi connectivity index (χ1) is 9.34. The maximum Gasteiger partial charge on any atom is 0.169 e. The zero-order chi connectivity index (χ0) is 13.1. The van der Waals surface area contributed by atoms with E-state index >= 15 is 0 Å². The Kier molecular flexibility index (Phi) is 3.05. The molecule has 96 valence electrons. The van der Waals surface area contributed by atoms with Crippen LogP contribution in [-0.2, 0) is 0 Å². The maximum absolute atomic E-state index is 4.07. The van der Waals surface area contributed by atoms with Gasteiger partial charge in [-0.3, -0.25) is 4.98 Å². The largest absolute Gasteiger partial charge is 0.265 e. The summed E-state index contributed by atoms with van der Waals surface area (Å²) < 4.78 is 0.677. The van der Waals surface area contributed by atoms with Crippen LogP contribution in [0.1, 0.15) is 18.9 Å². The number of pyridine rings is 1. The summed E-state index contributed by atoms with van der Waals surface area (Å²) in [6.45, 7) is 3.23. The number of anilines is 1. The fraction of sp³-hybridized carbons (Fsp3) is 0.188. The Morgan fingerprint density at radius 2 is 1.89 bits per heavy atom. The van der Waals surface area contributed by atoms with Crippen LogP contribution in [0.5, 0.6) is 0 Å². The first-order valence-corrected chi connectivity index (χ1v) is 6.69. The van der Waals surface area contributed by atoms with E-state index in [4.69, 9.17) is 0 Å². The topological polar surface area (TPSA) is 24.9 Å². The predicted molar refractivity (Wildman–Crippen MR) is 80.3 cm³/mol. The number of rotatable bonds is 4. The molecule has 1 unspecified atom stereocenters. The first kappa shape index (κ1) is 11.9. The molecule has 1 atom stereocenters. The molecule has 0 radical (unpaired) electrons. The van der Waals surface area contributed by atoms with E-state index in [1.54, 1.807) is 0 Å². The van der Waals surface area contributed by atoms with Gasteiger partial charge in [-0.15, -0.1) is 0 Å². The molecule has 1 aromatic carbocycles. The van der Waals surface area contributed by atoms with E-state index in [9.17, 15) is 0 Å². The van der Waals surface area contributed by atoms with Crippen molar-refractivity contribution in [3.8, 4) is 0 Å². The van der Waals surface area contributed by atoms with Crippen molar-refractivity contribution in [2.45, 2.75) is 13.3 Å². The smallest absolute Gasteiger partial charge is 0.169 e. The lowest BCUT2D eigenvalue weighted by molar-refractivity contribution is 0.442. The second kappa shape index (κ2) is 4.86. The van der Waals surface area contributed by atoms with E-state index in [2.05, 4.69) is 53.9 Å². The normalized spacial score (nSPS) is 20.3. The van der Waals surface area contributed by atoms with E-state index < -0.39 is 0 Å². The number of aromatic nitrogens is 1. The molecule has 3 rings (SSSR count). The van der Waals surface area contributed by atoms with Gasteiger partial charge in [-0.25, -0.2) is 5.43 Å². The van der Waals surface area contributed by atoms with Crippen molar-refractivity contribution in [1.29, 1.82) is 0 Å². The maximum atomic E-state index is 4.07. The third kappa shape index (κ3) is 2.13. The third-order valence-electron chi connectivity index (χ3n) is 3.46. The predicted octanol–water partition coefficient (Wildman–Crippen LogP) is 3.81. The molecule has 19 heavy (non-hydrogen) atoms. The average Bonchev–Trinajstić information content (AvgIpc) is 2.80. The minimum absolute atomic E-state index is 0.677. The summed E-state index contributed by atoms with van der Waals surface area (Å²) in [5, 5.41) is 0. The average molecular weight is 252 g/mol. The molecular weight excluding hydrogens is 234 g/mol. The molecule has 2 heterocycles. The highest BCUT2D eigenvalue weighted by Gasteiger charge is 2.34. The van der Waals surface area contributed by atoms with Crippen LogP contribution in [0.3, 0.4) is 0 Å². The molecule has 1 aromatic heterocycles. The van der Waals surface area contributed by atoms with Crippen molar-refractivity contribution in [3.05, 3.63) is 60.6 Å². The minimum Gasteiger partial charge on any atom is -0.265 e. The van der Waals surface area contributed by atoms with Gasteiger partial charge in [0.1, 0.15) is 12.7 Å². The van der Waals surface area contributed by atoms with E-state index in [0.29, 0.717) is 4.59 Å². The summed E-state index contributed by atoms with van der Waals surface area (Å²) in [4.78, 5) is 4.07. The molecular formula is C16H18N3+. The Morgan fingerprint density at radius 1 is 1.11 bits per heavy atom. The fourth-order valence-corrected chi connectivity index (χ4v) is 2.64. The van der Waals surface area contributed by atoms with Crippen LogP contribution in [0.2, 0.25) is 0 Å². The fourth-order valence-electron chi connectivity index (χ4n) is 2.64. The van der Waals surface area contributed by atoms with Crippen LogP contribution >= 0.6 is 0 Å². The van der Waals surface area contributed by atoms with Gasteiger partial charge >= 0.3 is 0 Å². The second-order valence-corrected chi connectivity index (χ2v) is 4.81. The van der Waals surface area contributed by atoms with E-state index in [-0.39, 0.29) is 0 Å². The van der Waals surface area contributed by atoms with Gasteiger partial charge in [0.25, 0.3) is 0 Å². The summed E-state index contributed by atoms with van der Waals surface area (Å²) in [7, 11) is 0. The number of hydrogen-bond donors (Lipinski definition) is 1. The number of hydrogen-bond acceptors (Lipinski definition) is 2. The van der Waals surface area contributed by atoms with Gasteiger partial charge in [0, 0.05) is 30.1 Å². The number of nitrogens with one attached hydrogen (secondary N) is 1. The van der Waals surface area contributed by atoms with Crippen molar-refractivity contribution in [2.75, 3.05) is 12.0 Å². The van der Waals surface area contributed by atoms with Crippen LogP contribution in [0.15, 0.2) is 55.0 Å². The first-order valence-electron chi connectivity index (χ1n) is 6.69. The van der Waals surface area contributed by atoms with Gasteiger partial charge < -0.3 is 0 Å². The van der Waals surface area contributed by atoms with E-state index in [1.165, 1.54) is 11.3 Å². The monoisotopic (exact) mass is 252 g/mol. The third-order valence-corrected chi connectivity index (χ3v) is 3.46. The lowest BCUT2D eigenvalue weighted by atomic mass is 10.2. The van der Waals surface area contributed by atoms with Crippen LogP contribution in [-0.4, -0.2) is 11.5 Å². The minimum atomic E-state index is 0.677. The van der Waals surface area contributed by atoms with Gasteiger partial charge in [0.15, 0.2) is 5.69 Å². The number of quaternary nitrogens is 1. The quantitative estimate of drug-likeness (QED) is 0.837. The molecule has 1 aliphatic rings. The lowest BCUT2D eigenvalue weighted by Gasteiger charge is -2.32. The highest BCUT2D eigenvalue weighted by molar-refractivity contribution is 5.74. The molecule has 1 N–H and O–H groups in total. The van der Waals surface area contributed by atoms with Gasteiger partial charge in [-0.05, 0) is 24.6 Å². The standard InChI is InChI=1S/C16H18N3/c1-2-12-19(18-15-7-10-17-11-8-15)13-9-14-5-3-4-6-16(14)19/h3-11,13H,2,12H2,1H3,(H,17,18)/q+1. The van der Waals surface area contributed by atoms with Gasteiger partial charge in [0.2, 0.25) is 0 Å². The molecule has 0 saturated carbocycles. The number of fused-ring (bicyclic) bond motifs is 1. The van der Waals surface area contributed by atoms with E-state index in [1.807, 2.05) is 24.5 Å². The zero-order valence-corrected chi connectivity index (χ0v) is 11.1. The molecule has 0 bridgehead atoms. The highest BCUT2D eigenvalue weighted by atomic mass is 15.7. The Hall–Kier alpha value is -2.13. The van der Waals surface area contributed by atoms with Crippen LogP contribution in [0.25, 0.3) is 6.08 Å². The second-order valence-electron chi connectivity index (χ2n) is 4.81. The SMILES string of the molecule is CCC[N+]1(Nc2ccncc2)C=Cc2ccccc21. The number of benzene rings is 1. The number of nitrogens with zero attached hydrogens (tertiary/aromatic N) is 2. The molecule has 0 spiro atoms. The van der Waals surface area contributed by atoms with Crippen molar-refractivity contribution in [3.63, 3.8) is 0 Å². The van der Waals surface area contributed by atoms with Gasteiger partial charge in [-0.2, -0.15) is 4.59 Å². The van der Waals surface area contributed by atoms with Crippen LogP contribution < -0.4 is 10.0 Å². The molecule has 0 saturated heterocycles. The van der Waals surface area contributed by atoms with Crippen molar-refractivity contribution < 1.29 is 0 Å². The molecule has 0 fully saturated rings. The van der Waals surface area contributed by atoms with E-state index in [0.717, 1.165) is 18.7 Å². The molecule has 0 aliphatic carbocycles. The van der Waals surface area contributed by atoms with Crippen molar-refractivity contribution in [2.24, 2.45) is 0 Å². The highest BCUT2D eigenvalue weighted by Crippen LogP contribution is 2.35. The Bertz CT molecular complexity index is 592. The summed E-state index contributed by atoms with van der Waals surface area (Å²) in [6.07, 6.45) is 9.16. The molecule has 2 aromatic rings. The lowest BCUT2D eigenvalue weighted by Crippen LogP contribution is -2.48. The summed E-state index contributed by atoms with van der Waals surface area (Å²) in [5.41, 5.74) is 7.31. The van der Waals surface area contributed by atoms with Crippen LogP contribution in [0.4, 0.5) is 11.4 Å². The summed E-state index contributed by atoms with van der Waals surface area (Å²) in [6, 6.07) is 12.5. The van der Waals surface area contributed by atoms with Crippen molar-refractivity contribution >= 4 is 17.5 Å². The molecule has 1 aliphatic heterocycles. The molecule has 3 heteroatoms. The molecule has 0 amide bonds.